The maximum atomic E-state index is 12.5. The fraction of sp³-hybridized carbons (Fsp3) is 0.562. The summed E-state index contributed by atoms with van der Waals surface area (Å²) in [6, 6.07) is 8.92. The van der Waals surface area contributed by atoms with E-state index in [1.54, 1.807) is 24.3 Å². The van der Waals surface area contributed by atoms with Crippen LogP contribution in [0, 0.1) is 18.3 Å². The van der Waals surface area contributed by atoms with E-state index in [4.69, 9.17) is 5.26 Å². The van der Waals surface area contributed by atoms with Crippen molar-refractivity contribution in [3.05, 3.63) is 29.8 Å². The second-order valence-electron chi connectivity index (χ2n) is 5.64. The second kappa shape index (κ2) is 7.89. The maximum Gasteiger partial charge on any atom is 0.287 e. The van der Waals surface area contributed by atoms with Gasteiger partial charge in [-0.05, 0) is 31.9 Å². The molecular weight excluding hydrogens is 316 g/mol. The Morgan fingerprint density at radius 1 is 1.23 bits per heavy atom. The first-order valence-corrected chi connectivity index (χ1v) is 10.5. The van der Waals surface area contributed by atoms with Crippen LogP contribution in [0.4, 0.5) is 0 Å². The quantitative estimate of drug-likeness (QED) is 0.821. The maximum absolute atomic E-state index is 12.5. The van der Waals surface area contributed by atoms with Crippen LogP contribution in [-0.4, -0.2) is 19.4 Å². The van der Waals surface area contributed by atoms with E-state index in [0.29, 0.717) is 17.4 Å². The van der Waals surface area contributed by atoms with Crippen LogP contribution in [0.1, 0.15) is 44.1 Å². The first-order valence-electron chi connectivity index (χ1n) is 7.64. The summed E-state index contributed by atoms with van der Waals surface area (Å²) < 4.78 is 29.3. The highest BCUT2D eigenvalue weighted by atomic mass is 32.3. The van der Waals surface area contributed by atoms with Gasteiger partial charge in [-0.3, -0.25) is 0 Å². The van der Waals surface area contributed by atoms with Crippen LogP contribution in [0.2, 0.25) is 0 Å². The molecule has 1 aromatic carbocycles. The highest BCUT2D eigenvalue weighted by molar-refractivity contribution is 8.00. The van der Waals surface area contributed by atoms with Crippen molar-refractivity contribution in [1.82, 2.24) is 0 Å². The smallest absolute Gasteiger partial charge is 0.199 e. The van der Waals surface area contributed by atoms with Gasteiger partial charge < -0.3 is 0 Å². The molecule has 1 saturated carbocycles. The molecule has 0 aliphatic heterocycles. The Bertz CT molecular complexity index is 667. The number of nitrogens with zero attached hydrogens (tertiary/aromatic N) is 2. The number of hydrogen-bond acceptors (Lipinski definition) is 3. The largest absolute Gasteiger partial charge is 0.287 e. The molecule has 0 N–H and O–H groups in total. The zero-order valence-corrected chi connectivity index (χ0v) is 14.5. The third-order valence-electron chi connectivity index (χ3n) is 3.87. The third-order valence-corrected chi connectivity index (χ3v) is 8.15. The Morgan fingerprint density at radius 3 is 2.45 bits per heavy atom. The van der Waals surface area contributed by atoms with Gasteiger partial charge in [0.05, 0.1) is 11.0 Å². The van der Waals surface area contributed by atoms with Gasteiger partial charge in [-0.2, -0.15) is 13.7 Å². The van der Waals surface area contributed by atoms with Gasteiger partial charge in [0.1, 0.15) is 0 Å². The van der Waals surface area contributed by atoms with Crippen LogP contribution >= 0.6 is 0 Å². The van der Waals surface area contributed by atoms with Crippen molar-refractivity contribution in [1.29, 1.82) is 5.26 Å². The fourth-order valence-corrected chi connectivity index (χ4v) is 6.76. The average molecular weight is 338 g/mol. The molecule has 1 fully saturated rings. The van der Waals surface area contributed by atoms with Crippen molar-refractivity contribution in [2.75, 3.05) is 5.75 Å². The standard InChI is InChI=1S/C16H22N2O2S2/c1-14-8-10-16(11-9-14)22(19,20)18-21(13-5-12-17)15-6-3-2-4-7-15/h8-11,15H,2-7,13H2,1H3. The summed E-state index contributed by atoms with van der Waals surface area (Å²) in [5.74, 6) is 0.562. The van der Waals surface area contributed by atoms with E-state index in [-0.39, 0.29) is 4.90 Å². The summed E-state index contributed by atoms with van der Waals surface area (Å²) in [5, 5.41) is 9.14. The molecule has 6 heteroatoms. The number of hydrogen-bond donors (Lipinski definition) is 0. The van der Waals surface area contributed by atoms with Crippen molar-refractivity contribution < 1.29 is 8.42 Å². The SMILES string of the molecule is Cc1ccc(S(=O)(=O)N=S(CCC#N)C2CCCCC2)cc1. The van der Waals surface area contributed by atoms with Gasteiger partial charge in [0.2, 0.25) is 0 Å². The van der Waals surface area contributed by atoms with Crippen LogP contribution in [0.5, 0.6) is 0 Å². The predicted molar refractivity (Wildman–Crippen MR) is 90.1 cm³/mol. The first kappa shape index (κ1) is 17.2. The summed E-state index contributed by atoms with van der Waals surface area (Å²) >= 11 is 0. The van der Waals surface area contributed by atoms with Gasteiger partial charge >= 0.3 is 0 Å². The minimum absolute atomic E-state index is 0.253. The summed E-state index contributed by atoms with van der Waals surface area (Å²) in [5.41, 5.74) is 1.02. The van der Waals surface area contributed by atoms with E-state index >= 15 is 0 Å². The molecular formula is C16H22N2O2S2. The Labute approximate surface area is 135 Å². The Kier molecular flexibility index (Phi) is 6.16. The van der Waals surface area contributed by atoms with Crippen molar-refractivity contribution in [3.8, 4) is 6.07 Å². The predicted octanol–water partition coefficient (Wildman–Crippen LogP) is 3.73. The van der Waals surface area contributed by atoms with E-state index < -0.39 is 20.7 Å². The lowest BCUT2D eigenvalue weighted by molar-refractivity contribution is 0.514. The van der Waals surface area contributed by atoms with E-state index in [1.807, 2.05) is 6.92 Å². The molecule has 1 unspecified atom stereocenters. The van der Waals surface area contributed by atoms with Crippen molar-refractivity contribution in [2.24, 2.45) is 3.77 Å². The molecule has 0 saturated heterocycles. The van der Waals surface area contributed by atoms with Gasteiger partial charge in [0, 0.05) is 17.4 Å². The Morgan fingerprint density at radius 2 is 1.86 bits per heavy atom. The first-order chi connectivity index (χ1) is 10.5. The van der Waals surface area contributed by atoms with Gasteiger partial charge in [-0.15, -0.1) is 3.77 Å². The van der Waals surface area contributed by atoms with E-state index in [2.05, 4.69) is 9.84 Å². The number of rotatable bonds is 5. The number of nitriles is 1. The highest BCUT2D eigenvalue weighted by Crippen LogP contribution is 2.25. The van der Waals surface area contributed by atoms with Gasteiger partial charge in [0.25, 0.3) is 10.0 Å². The molecule has 4 nitrogen and oxygen atoms in total. The number of aryl methyl sites for hydroxylation is 1. The molecule has 0 radical (unpaired) electrons. The number of sulfonamides is 1. The van der Waals surface area contributed by atoms with Gasteiger partial charge in [-0.25, -0.2) is 0 Å². The monoisotopic (exact) mass is 338 g/mol. The van der Waals surface area contributed by atoms with E-state index in [0.717, 1.165) is 31.2 Å². The lowest BCUT2D eigenvalue weighted by atomic mass is 10.0. The van der Waals surface area contributed by atoms with Crippen LogP contribution in [-0.2, 0) is 20.7 Å². The average Bonchev–Trinajstić information content (AvgIpc) is 2.52. The zero-order valence-electron chi connectivity index (χ0n) is 12.9. The molecule has 0 amide bonds. The topological polar surface area (TPSA) is 70.3 Å². The number of benzene rings is 1. The summed E-state index contributed by atoms with van der Waals surface area (Å²) in [6.07, 6.45) is 5.92. The second-order valence-corrected chi connectivity index (χ2v) is 9.53. The van der Waals surface area contributed by atoms with E-state index in [9.17, 15) is 8.42 Å². The normalized spacial score (nSPS) is 18.0. The fourth-order valence-electron chi connectivity index (χ4n) is 2.63. The molecule has 1 atom stereocenters. The molecule has 1 aromatic rings. The zero-order chi connectivity index (χ0) is 16.0. The lowest BCUT2D eigenvalue weighted by Gasteiger charge is -2.23. The molecule has 1 aliphatic carbocycles. The van der Waals surface area contributed by atoms with Crippen LogP contribution in [0.25, 0.3) is 0 Å². The van der Waals surface area contributed by atoms with Crippen molar-refractivity contribution in [2.45, 2.75) is 55.6 Å². The minimum atomic E-state index is -3.63. The Balaban J connectivity index is 2.29. The summed E-state index contributed by atoms with van der Waals surface area (Å²) in [4.78, 5) is 0.253. The molecule has 0 aromatic heterocycles. The third kappa shape index (κ3) is 4.65. The molecule has 0 spiro atoms. The summed E-state index contributed by atoms with van der Waals surface area (Å²) in [7, 11) is -4.20. The van der Waals surface area contributed by atoms with E-state index in [1.165, 1.54) is 6.42 Å². The lowest BCUT2D eigenvalue weighted by Crippen LogP contribution is -2.21. The van der Waals surface area contributed by atoms with Crippen molar-refractivity contribution in [3.63, 3.8) is 0 Å². The molecule has 0 bridgehead atoms. The Hall–Kier alpha value is -1.19. The highest BCUT2D eigenvalue weighted by Gasteiger charge is 2.21. The minimum Gasteiger partial charge on any atom is -0.199 e. The molecule has 22 heavy (non-hydrogen) atoms. The summed E-state index contributed by atoms with van der Waals surface area (Å²) in [6.45, 7) is 1.92. The molecule has 0 heterocycles. The van der Waals surface area contributed by atoms with Crippen LogP contribution in [0.3, 0.4) is 0 Å². The van der Waals surface area contributed by atoms with Crippen LogP contribution in [0.15, 0.2) is 32.9 Å². The van der Waals surface area contributed by atoms with Crippen molar-refractivity contribution >= 4 is 20.7 Å². The van der Waals surface area contributed by atoms with Gasteiger partial charge in [-0.1, -0.05) is 47.6 Å². The molecule has 2 rings (SSSR count). The molecule has 120 valence electrons. The molecule has 1 aliphatic rings. The van der Waals surface area contributed by atoms with Crippen LogP contribution < -0.4 is 0 Å². The van der Waals surface area contributed by atoms with Gasteiger partial charge in [0.15, 0.2) is 0 Å².